The van der Waals surface area contributed by atoms with Gasteiger partial charge in [-0.2, -0.15) is 13.2 Å². The van der Waals surface area contributed by atoms with Crippen molar-refractivity contribution in [3.63, 3.8) is 0 Å². The molecule has 4 rings (SSSR count). The molecule has 0 radical (unpaired) electrons. The molecule has 2 atom stereocenters. The van der Waals surface area contributed by atoms with Crippen molar-refractivity contribution >= 4 is 0 Å². The van der Waals surface area contributed by atoms with E-state index in [1.54, 1.807) is 13.0 Å². The molecule has 0 saturated heterocycles. The maximum Gasteiger partial charge on any atom is 0.416 e. The molecule has 7 heteroatoms. The third-order valence-corrected chi connectivity index (χ3v) is 7.56. The van der Waals surface area contributed by atoms with E-state index in [0.717, 1.165) is 24.1 Å². The highest BCUT2D eigenvalue weighted by molar-refractivity contribution is 5.45. The van der Waals surface area contributed by atoms with E-state index >= 15 is 0 Å². The minimum absolute atomic E-state index is 0.00627. The zero-order valence-corrected chi connectivity index (χ0v) is 24.3. The smallest absolute Gasteiger partial charge is 0.364 e. The number of halogens is 5. The molecule has 0 heterocycles. The predicted octanol–water partition coefficient (Wildman–Crippen LogP) is 9.75. The molecular weight excluding hydrogens is 547 g/mol. The number of benzene rings is 4. The van der Waals surface area contributed by atoms with Crippen LogP contribution in [0.1, 0.15) is 83.1 Å². The number of aryl methyl sites for hydroxylation is 2. The lowest BCUT2D eigenvalue weighted by atomic mass is 9.79. The van der Waals surface area contributed by atoms with Gasteiger partial charge in [-0.3, -0.25) is 0 Å². The molecule has 2 unspecified atom stereocenters. The fourth-order valence-corrected chi connectivity index (χ4v) is 5.20. The number of ether oxygens (including phenoxy) is 1. The summed E-state index contributed by atoms with van der Waals surface area (Å²) in [4.78, 5) is 0. The van der Waals surface area contributed by atoms with Crippen LogP contribution in [0.2, 0.25) is 0 Å². The summed E-state index contributed by atoms with van der Waals surface area (Å²) in [5.41, 5.74) is 0.512. The number of aliphatic hydroxyl groups excluding tert-OH is 1. The monoisotopic (exact) mass is 582 g/mol. The molecule has 2 nitrogen and oxygen atoms in total. The van der Waals surface area contributed by atoms with Crippen molar-refractivity contribution in [2.45, 2.75) is 70.9 Å². The van der Waals surface area contributed by atoms with E-state index in [-0.39, 0.29) is 29.0 Å². The Morgan fingerprint density at radius 1 is 0.714 bits per heavy atom. The summed E-state index contributed by atoms with van der Waals surface area (Å²) in [6, 6.07) is 24.7. The molecule has 0 aliphatic rings. The van der Waals surface area contributed by atoms with Gasteiger partial charge in [0.15, 0.2) is 6.29 Å². The van der Waals surface area contributed by atoms with E-state index in [1.165, 1.54) is 31.2 Å². The zero-order valence-electron chi connectivity index (χ0n) is 24.3. The van der Waals surface area contributed by atoms with Crippen molar-refractivity contribution in [1.29, 1.82) is 0 Å². The Balaban J connectivity index is 1.98. The van der Waals surface area contributed by atoms with Gasteiger partial charge in [0.1, 0.15) is 5.60 Å². The highest BCUT2D eigenvalue weighted by Gasteiger charge is 2.41. The van der Waals surface area contributed by atoms with E-state index in [0.29, 0.717) is 16.7 Å². The Hall–Kier alpha value is -3.55. The SMILES string of the molecule is Cc1cc(C(C)(F)F)cc(C(Cc2ccccc2)(OC(O)c2ccc(C)c(C(F)(F)F)c2)c2ccc(C(C)C)cc2)c1. The molecule has 222 valence electrons. The van der Waals surface area contributed by atoms with Crippen LogP contribution in [0.3, 0.4) is 0 Å². The fraction of sp³-hybridized carbons (Fsp3) is 0.314. The largest absolute Gasteiger partial charge is 0.416 e. The van der Waals surface area contributed by atoms with Gasteiger partial charge in [-0.1, -0.05) is 98.3 Å². The van der Waals surface area contributed by atoms with Gasteiger partial charge in [-0.15, -0.1) is 0 Å². The molecule has 0 aliphatic heterocycles. The molecule has 1 N–H and O–H groups in total. The summed E-state index contributed by atoms with van der Waals surface area (Å²) < 4.78 is 77.1. The lowest BCUT2D eigenvalue weighted by Crippen LogP contribution is -2.36. The van der Waals surface area contributed by atoms with Crippen LogP contribution >= 0.6 is 0 Å². The third kappa shape index (κ3) is 6.90. The Labute approximate surface area is 243 Å². The van der Waals surface area contributed by atoms with Gasteiger partial charge >= 0.3 is 6.18 Å². The van der Waals surface area contributed by atoms with E-state index in [2.05, 4.69) is 0 Å². The Morgan fingerprint density at radius 3 is 1.88 bits per heavy atom. The van der Waals surface area contributed by atoms with Gasteiger partial charge in [-0.25, -0.2) is 8.78 Å². The second kappa shape index (κ2) is 12.0. The average Bonchev–Trinajstić information content (AvgIpc) is 2.92. The van der Waals surface area contributed by atoms with Crippen molar-refractivity contribution in [2.75, 3.05) is 0 Å². The molecule has 0 aromatic heterocycles. The van der Waals surface area contributed by atoms with Crippen LogP contribution in [0.5, 0.6) is 0 Å². The summed E-state index contributed by atoms with van der Waals surface area (Å²) in [6.07, 6.45) is -6.33. The number of hydrogen-bond donors (Lipinski definition) is 1. The van der Waals surface area contributed by atoms with Crippen LogP contribution in [0.25, 0.3) is 0 Å². The lowest BCUT2D eigenvalue weighted by molar-refractivity contribution is -0.179. The van der Waals surface area contributed by atoms with Crippen molar-refractivity contribution in [2.24, 2.45) is 0 Å². The van der Waals surface area contributed by atoms with E-state index in [4.69, 9.17) is 4.74 Å². The van der Waals surface area contributed by atoms with Crippen LogP contribution in [0.4, 0.5) is 22.0 Å². The van der Waals surface area contributed by atoms with Crippen LogP contribution in [0, 0.1) is 13.8 Å². The number of alkyl halides is 5. The maximum absolute atomic E-state index is 14.7. The second-order valence-electron chi connectivity index (χ2n) is 11.3. The van der Waals surface area contributed by atoms with Gasteiger partial charge in [-0.05, 0) is 59.7 Å². The highest BCUT2D eigenvalue weighted by Crippen LogP contribution is 2.44. The van der Waals surface area contributed by atoms with Gasteiger partial charge < -0.3 is 9.84 Å². The van der Waals surface area contributed by atoms with E-state index in [1.807, 2.05) is 68.4 Å². The maximum atomic E-state index is 14.7. The van der Waals surface area contributed by atoms with Crippen LogP contribution in [-0.4, -0.2) is 5.11 Å². The first-order chi connectivity index (χ1) is 19.6. The molecule has 4 aromatic carbocycles. The number of rotatable bonds is 9. The first-order valence-electron chi connectivity index (χ1n) is 13.8. The predicted molar refractivity (Wildman–Crippen MR) is 154 cm³/mol. The normalized spacial score (nSPS) is 14.6. The van der Waals surface area contributed by atoms with E-state index < -0.39 is 29.6 Å². The molecule has 42 heavy (non-hydrogen) atoms. The lowest BCUT2D eigenvalue weighted by Gasteiger charge is -2.38. The van der Waals surface area contributed by atoms with Gasteiger partial charge in [0.2, 0.25) is 0 Å². The molecule has 0 spiro atoms. The van der Waals surface area contributed by atoms with Gasteiger partial charge in [0.05, 0.1) is 5.56 Å². The quantitative estimate of drug-likeness (QED) is 0.157. The summed E-state index contributed by atoms with van der Waals surface area (Å²) >= 11 is 0. The minimum Gasteiger partial charge on any atom is -0.364 e. The molecule has 0 bridgehead atoms. The summed E-state index contributed by atoms with van der Waals surface area (Å²) in [5, 5.41) is 11.4. The third-order valence-electron chi connectivity index (χ3n) is 7.56. The van der Waals surface area contributed by atoms with E-state index in [9.17, 15) is 27.1 Å². The topological polar surface area (TPSA) is 29.5 Å². The summed E-state index contributed by atoms with van der Waals surface area (Å²) in [7, 11) is 0. The molecular formula is C35H35F5O2. The molecule has 4 aromatic rings. The van der Waals surface area contributed by atoms with Crippen molar-refractivity contribution < 1.29 is 31.8 Å². The average molecular weight is 583 g/mol. The fourth-order valence-electron chi connectivity index (χ4n) is 5.20. The van der Waals surface area contributed by atoms with Crippen molar-refractivity contribution in [1.82, 2.24) is 0 Å². The Kier molecular flexibility index (Phi) is 8.95. The van der Waals surface area contributed by atoms with Crippen LogP contribution in [-0.2, 0) is 28.9 Å². The Morgan fingerprint density at radius 2 is 1.31 bits per heavy atom. The molecule has 0 aliphatic carbocycles. The molecule has 0 saturated carbocycles. The van der Waals surface area contributed by atoms with Crippen LogP contribution in [0.15, 0.2) is 91.0 Å². The van der Waals surface area contributed by atoms with Gasteiger partial charge in [0.25, 0.3) is 5.92 Å². The number of aliphatic hydroxyl groups is 1. The van der Waals surface area contributed by atoms with Crippen LogP contribution < -0.4 is 0 Å². The minimum atomic E-state index is -4.63. The van der Waals surface area contributed by atoms with Gasteiger partial charge in [0, 0.05) is 24.5 Å². The molecule has 0 fully saturated rings. The highest BCUT2D eigenvalue weighted by atomic mass is 19.4. The zero-order chi connectivity index (χ0) is 30.9. The van der Waals surface area contributed by atoms with Crippen molar-refractivity contribution in [3.8, 4) is 0 Å². The first-order valence-corrected chi connectivity index (χ1v) is 13.8. The summed E-state index contributed by atoms with van der Waals surface area (Å²) in [5.74, 6) is -2.95. The Bertz CT molecular complexity index is 1510. The molecule has 0 amide bonds. The second-order valence-corrected chi connectivity index (χ2v) is 11.3. The first kappa shape index (κ1) is 31.4. The summed E-state index contributed by atoms with van der Waals surface area (Å²) in [6.45, 7) is 7.92. The standard InChI is InChI=1S/C35H35F5O2/c1-22(2)26-13-15-28(16-14-26)34(21-25-9-7-6-8-10-25,30-18-23(3)17-29(20-30)33(5,36)37)42-32(41)27-12-11-24(4)31(19-27)35(38,39)40/h6-20,22,32,41H,21H2,1-5H3. The number of hydrogen-bond acceptors (Lipinski definition) is 2. The van der Waals surface area contributed by atoms with Crippen molar-refractivity contribution in [3.05, 3.63) is 141 Å².